The summed E-state index contributed by atoms with van der Waals surface area (Å²) in [6.07, 6.45) is 6.37. The van der Waals surface area contributed by atoms with Gasteiger partial charge in [0.2, 0.25) is 5.91 Å². The molecule has 0 heterocycles. The van der Waals surface area contributed by atoms with Crippen LogP contribution in [0.2, 0.25) is 5.02 Å². The van der Waals surface area contributed by atoms with Crippen LogP contribution in [0.15, 0.2) is 18.2 Å². The van der Waals surface area contributed by atoms with Crippen LogP contribution >= 0.6 is 11.6 Å². The molecule has 3 nitrogen and oxygen atoms in total. The van der Waals surface area contributed by atoms with Crippen molar-refractivity contribution in [1.82, 2.24) is 0 Å². The monoisotopic (exact) mass is 280 g/mol. The summed E-state index contributed by atoms with van der Waals surface area (Å²) in [5.74, 6) is -0.703. The molecule has 0 spiro atoms. The summed E-state index contributed by atoms with van der Waals surface area (Å²) in [6, 6.07) is 6.31. The van der Waals surface area contributed by atoms with Crippen molar-refractivity contribution in [3.8, 4) is 0 Å². The van der Waals surface area contributed by atoms with Crippen LogP contribution in [0.25, 0.3) is 0 Å². The van der Waals surface area contributed by atoms with Crippen molar-refractivity contribution in [3.63, 3.8) is 0 Å². The summed E-state index contributed by atoms with van der Waals surface area (Å²) in [6.45, 7) is 1.78. The van der Waals surface area contributed by atoms with Crippen molar-refractivity contribution in [3.05, 3.63) is 28.8 Å². The second-order valence-electron chi connectivity index (χ2n) is 5.34. The van der Waals surface area contributed by atoms with Gasteiger partial charge in [-0.15, -0.1) is 0 Å². The standard InChI is InChI=1S/C15H21ClN2O/c1-10(15(17)19)13-8-7-12(9-14(13)16)18-11-5-3-2-4-6-11/h7-11,18H,2-6H2,1H3,(H2,17,19). The molecule has 1 amide bonds. The molecule has 1 unspecified atom stereocenters. The summed E-state index contributed by atoms with van der Waals surface area (Å²) in [7, 11) is 0. The lowest BCUT2D eigenvalue weighted by atomic mass is 9.95. The second-order valence-corrected chi connectivity index (χ2v) is 5.75. The second kappa shape index (κ2) is 6.29. The molecule has 1 aliphatic rings. The topological polar surface area (TPSA) is 55.1 Å². The first-order valence-electron chi connectivity index (χ1n) is 6.93. The molecule has 1 aliphatic carbocycles. The van der Waals surface area contributed by atoms with Gasteiger partial charge in [-0.2, -0.15) is 0 Å². The van der Waals surface area contributed by atoms with Gasteiger partial charge in [0.05, 0.1) is 5.92 Å². The molecule has 0 aliphatic heterocycles. The van der Waals surface area contributed by atoms with E-state index in [1.54, 1.807) is 6.92 Å². The van der Waals surface area contributed by atoms with Crippen molar-refractivity contribution in [2.75, 3.05) is 5.32 Å². The average molecular weight is 281 g/mol. The van der Waals surface area contributed by atoms with E-state index in [-0.39, 0.29) is 11.8 Å². The first-order chi connectivity index (χ1) is 9.08. The van der Waals surface area contributed by atoms with Crippen LogP contribution in [-0.2, 0) is 4.79 Å². The van der Waals surface area contributed by atoms with Gasteiger partial charge in [0, 0.05) is 16.8 Å². The van der Waals surface area contributed by atoms with Crippen molar-refractivity contribution < 1.29 is 4.79 Å². The number of nitrogens with one attached hydrogen (secondary N) is 1. The third-order valence-corrected chi connectivity index (χ3v) is 4.20. The van der Waals surface area contributed by atoms with Crippen LogP contribution < -0.4 is 11.1 Å². The van der Waals surface area contributed by atoms with Gasteiger partial charge < -0.3 is 11.1 Å². The Morgan fingerprint density at radius 2 is 2.05 bits per heavy atom. The van der Waals surface area contributed by atoms with E-state index in [0.717, 1.165) is 11.3 Å². The number of benzene rings is 1. The Balaban J connectivity index is 2.07. The molecule has 1 saturated carbocycles. The fourth-order valence-electron chi connectivity index (χ4n) is 2.60. The molecule has 1 atom stereocenters. The Hall–Kier alpha value is -1.22. The maximum atomic E-state index is 11.2. The first kappa shape index (κ1) is 14.2. The number of halogens is 1. The van der Waals surface area contributed by atoms with Gasteiger partial charge in [-0.1, -0.05) is 36.9 Å². The van der Waals surface area contributed by atoms with Gasteiger partial charge in [-0.05, 0) is 37.5 Å². The highest BCUT2D eigenvalue weighted by Crippen LogP contribution is 2.29. The molecule has 3 N–H and O–H groups in total. The number of carbonyl (C=O) groups is 1. The largest absolute Gasteiger partial charge is 0.382 e. The van der Waals surface area contributed by atoms with Crippen LogP contribution in [-0.4, -0.2) is 11.9 Å². The zero-order valence-electron chi connectivity index (χ0n) is 11.3. The molecule has 4 heteroatoms. The molecular weight excluding hydrogens is 260 g/mol. The van der Waals surface area contributed by atoms with E-state index in [0.29, 0.717) is 11.1 Å². The van der Waals surface area contributed by atoms with E-state index in [1.165, 1.54) is 32.1 Å². The first-order valence-corrected chi connectivity index (χ1v) is 7.31. The number of rotatable bonds is 4. The van der Waals surface area contributed by atoms with E-state index in [9.17, 15) is 4.79 Å². The van der Waals surface area contributed by atoms with Crippen LogP contribution in [0.3, 0.4) is 0 Å². The molecule has 0 saturated heterocycles. The predicted octanol–water partition coefficient (Wildman–Crippen LogP) is 3.67. The van der Waals surface area contributed by atoms with Gasteiger partial charge in [-0.25, -0.2) is 0 Å². The van der Waals surface area contributed by atoms with Gasteiger partial charge in [0.15, 0.2) is 0 Å². The van der Waals surface area contributed by atoms with E-state index < -0.39 is 0 Å². The van der Waals surface area contributed by atoms with Gasteiger partial charge in [0.25, 0.3) is 0 Å². The highest BCUT2D eigenvalue weighted by atomic mass is 35.5. The minimum Gasteiger partial charge on any atom is -0.382 e. The van der Waals surface area contributed by atoms with Crippen LogP contribution in [0.5, 0.6) is 0 Å². The number of hydrogen-bond donors (Lipinski definition) is 2. The number of anilines is 1. The summed E-state index contributed by atoms with van der Waals surface area (Å²) < 4.78 is 0. The molecule has 0 aromatic heterocycles. The minimum absolute atomic E-state index is 0.351. The molecule has 0 bridgehead atoms. The van der Waals surface area contributed by atoms with E-state index >= 15 is 0 Å². The zero-order chi connectivity index (χ0) is 13.8. The lowest BCUT2D eigenvalue weighted by Crippen LogP contribution is -2.22. The molecule has 1 fully saturated rings. The fraction of sp³-hybridized carbons (Fsp3) is 0.533. The summed E-state index contributed by atoms with van der Waals surface area (Å²) in [5, 5.41) is 4.12. The zero-order valence-corrected chi connectivity index (χ0v) is 12.0. The summed E-state index contributed by atoms with van der Waals surface area (Å²) in [5.41, 5.74) is 7.13. The number of carbonyl (C=O) groups excluding carboxylic acids is 1. The maximum Gasteiger partial charge on any atom is 0.224 e. The number of hydrogen-bond acceptors (Lipinski definition) is 2. The molecule has 2 rings (SSSR count). The lowest BCUT2D eigenvalue weighted by Gasteiger charge is -2.24. The normalized spacial score (nSPS) is 18.0. The third-order valence-electron chi connectivity index (χ3n) is 3.87. The van der Waals surface area contributed by atoms with Crippen LogP contribution in [0, 0.1) is 0 Å². The van der Waals surface area contributed by atoms with Gasteiger partial charge >= 0.3 is 0 Å². The predicted molar refractivity (Wildman–Crippen MR) is 79.6 cm³/mol. The van der Waals surface area contributed by atoms with Crippen molar-refractivity contribution in [2.24, 2.45) is 5.73 Å². The Kier molecular flexibility index (Phi) is 4.70. The Morgan fingerprint density at radius 1 is 1.37 bits per heavy atom. The number of amides is 1. The van der Waals surface area contributed by atoms with E-state index in [2.05, 4.69) is 5.32 Å². The van der Waals surface area contributed by atoms with Crippen molar-refractivity contribution in [1.29, 1.82) is 0 Å². The minimum atomic E-state index is -0.352. The van der Waals surface area contributed by atoms with Gasteiger partial charge in [-0.3, -0.25) is 4.79 Å². The summed E-state index contributed by atoms with van der Waals surface area (Å²) >= 11 is 6.24. The fourth-order valence-corrected chi connectivity index (χ4v) is 2.95. The lowest BCUT2D eigenvalue weighted by molar-refractivity contribution is -0.119. The van der Waals surface area contributed by atoms with E-state index in [1.807, 2.05) is 18.2 Å². The highest BCUT2D eigenvalue weighted by Gasteiger charge is 2.17. The molecular formula is C15H21ClN2O. The van der Waals surface area contributed by atoms with Gasteiger partial charge in [0.1, 0.15) is 0 Å². The Labute approximate surface area is 119 Å². The molecule has 1 aromatic carbocycles. The molecule has 1 aromatic rings. The van der Waals surface area contributed by atoms with Crippen LogP contribution in [0.1, 0.15) is 50.5 Å². The summed E-state index contributed by atoms with van der Waals surface area (Å²) in [4.78, 5) is 11.2. The Bertz CT molecular complexity index is 455. The van der Waals surface area contributed by atoms with Crippen molar-refractivity contribution in [2.45, 2.75) is 51.0 Å². The van der Waals surface area contributed by atoms with E-state index in [4.69, 9.17) is 17.3 Å². The highest BCUT2D eigenvalue weighted by molar-refractivity contribution is 6.32. The quantitative estimate of drug-likeness (QED) is 0.884. The third kappa shape index (κ3) is 3.63. The van der Waals surface area contributed by atoms with Crippen LogP contribution in [0.4, 0.5) is 5.69 Å². The molecule has 19 heavy (non-hydrogen) atoms. The number of nitrogens with two attached hydrogens (primary N) is 1. The molecule has 0 radical (unpaired) electrons. The Morgan fingerprint density at radius 3 is 2.63 bits per heavy atom. The smallest absolute Gasteiger partial charge is 0.224 e. The number of primary amides is 1. The SMILES string of the molecule is CC(C(N)=O)c1ccc(NC2CCCCC2)cc1Cl. The molecule has 104 valence electrons. The average Bonchev–Trinajstić information content (AvgIpc) is 2.39. The van der Waals surface area contributed by atoms with Crippen molar-refractivity contribution >= 4 is 23.2 Å². The maximum absolute atomic E-state index is 11.2.